The fourth-order valence-electron chi connectivity index (χ4n) is 2.66. The van der Waals surface area contributed by atoms with Crippen molar-refractivity contribution in [3.8, 4) is 0 Å². The number of rotatable bonds is 6. The van der Waals surface area contributed by atoms with E-state index in [9.17, 15) is 0 Å². The first kappa shape index (κ1) is 18.5. The van der Waals surface area contributed by atoms with Gasteiger partial charge in [-0.3, -0.25) is 0 Å². The second-order valence-corrected chi connectivity index (χ2v) is 7.00. The molecule has 0 bridgehead atoms. The minimum absolute atomic E-state index is 0.176. The van der Waals surface area contributed by atoms with E-state index in [0.29, 0.717) is 11.0 Å². The van der Waals surface area contributed by atoms with Gasteiger partial charge in [0.1, 0.15) is 0 Å². The van der Waals surface area contributed by atoms with Gasteiger partial charge in [0.2, 0.25) is 0 Å². The van der Waals surface area contributed by atoms with E-state index in [-0.39, 0.29) is 6.04 Å². The molecule has 1 unspecified atom stereocenters. The third kappa shape index (κ3) is 5.34. The first-order valence-electron chi connectivity index (χ1n) is 8.76. The quantitative estimate of drug-likeness (QED) is 0.649. The van der Waals surface area contributed by atoms with Gasteiger partial charge in [-0.2, -0.15) is 0 Å². The lowest BCUT2D eigenvalue weighted by Gasteiger charge is -2.18. The number of benzene rings is 2. The van der Waals surface area contributed by atoms with Gasteiger partial charge in [0.15, 0.2) is 5.11 Å². The monoisotopic (exact) mass is 340 g/mol. The van der Waals surface area contributed by atoms with E-state index >= 15 is 0 Å². The smallest absolute Gasteiger partial charge is 0.171 e. The Kier molecular flexibility index (Phi) is 6.80. The predicted molar refractivity (Wildman–Crippen MR) is 109 cm³/mol. The van der Waals surface area contributed by atoms with Crippen molar-refractivity contribution in [2.45, 2.75) is 52.5 Å². The first-order chi connectivity index (χ1) is 11.5. The molecule has 2 aromatic rings. The largest absolute Gasteiger partial charge is 0.356 e. The molecule has 0 aliphatic rings. The van der Waals surface area contributed by atoms with Crippen molar-refractivity contribution in [3.63, 3.8) is 0 Å². The number of thiocarbonyl (C=S) groups is 1. The van der Waals surface area contributed by atoms with E-state index in [4.69, 9.17) is 12.2 Å². The lowest BCUT2D eigenvalue weighted by molar-refractivity contribution is 0.722. The van der Waals surface area contributed by atoms with Crippen molar-refractivity contribution in [1.82, 2.24) is 5.32 Å². The number of nitrogens with one attached hydrogen (secondary N) is 2. The minimum atomic E-state index is 0.176. The van der Waals surface area contributed by atoms with Gasteiger partial charge in [-0.05, 0) is 60.3 Å². The maximum Gasteiger partial charge on any atom is 0.171 e. The van der Waals surface area contributed by atoms with E-state index in [2.05, 4.69) is 86.9 Å². The molecule has 0 aliphatic heterocycles. The molecule has 24 heavy (non-hydrogen) atoms. The standard InChI is InChI=1S/C21H28N2S/c1-5-6-17-7-9-19(10-8-17)16(4)22-21(24)23-20-13-11-18(12-14-20)15(2)3/h7-16H,5-6H2,1-4H3,(H2,22,23,24). The molecule has 2 rings (SSSR count). The molecule has 0 radical (unpaired) electrons. The molecule has 3 heteroatoms. The Morgan fingerprint density at radius 2 is 1.50 bits per heavy atom. The van der Waals surface area contributed by atoms with Gasteiger partial charge < -0.3 is 10.6 Å². The molecule has 2 nitrogen and oxygen atoms in total. The summed E-state index contributed by atoms with van der Waals surface area (Å²) in [7, 11) is 0. The highest BCUT2D eigenvalue weighted by atomic mass is 32.1. The van der Waals surface area contributed by atoms with E-state index in [1.807, 2.05) is 0 Å². The zero-order valence-corrected chi connectivity index (χ0v) is 15.9. The molecule has 0 spiro atoms. The molecule has 1 atom stereocenters. The number of anilines is 1. The lowest BCUT2D eigenvalue weighted by Crippen LogP contribution is -2.30. The zero-order chi connectivity index (χ0) is 17.5. The van der Waals surface area contributed by atoms with Crippen LogP contribution in [-0.4, -0.2) is 5.11 Å². The second-order valence-electron chi connectivity index (χ2n) is 6.59. The summed E-state index contributed by atoms with van der Waals surface area (Å²) in [6.45, 7) is 8.73. The number of hydrogen-bond donors (Lipinski definition) is 2. The van der Waals surface area contributed by atoms with E-state index in [1.54, 1.807) is 0 Å². The third-order valence-electron chi connectivity index (χ3n) is 4.20. The fraction of sp³-hybridized carbons (Fsp3) is 0.381. The molecule has 0 saturated heterocycles. The van der Waals surface area contributed by atoms with Gasteiger partial charge in [0, 0.05) is 5.69 Å². The molecule has 0 fully saturated rings. The topological polar surface area (TPSA) is 24.1 Å². The highest BCUT2D eigenvalue weighted by Gasteiger charge is 2.07. The highest BCUT2D eigenvalue weighted by molar-refractivity contribution is 7.80. The van der Waals surface area contributed by atoms with Crippen LogP contribution in [0.25, 0.3) is 0 Å². The van der Waals surface area contributed by atoms with Crippen molar-refractivity contribution in [1.29, 1.82) is 0 Å². The maximum atomic E-state index is 5.44. The Bertz CT molecular complexity index is 645. The van der Waals surface area contributed by atoms with Crippen LogP contribution in [0, 0.1) is 0 Å². The van der Waals surface area contributed by atoms with Gasteiger partial charge in [0.05, 0.1) is 6.04 Å². The molecule has 0 amide bonds. The molecule has 128 valence electrons. The molecule has 0 aromatic heterocycles. The molecular weight excluding hydrogens is 312 g/mol. The van der Waals surface area contributed by atoms with Crippen LogP contribution in [0.3, 0.4) is 0 Å². The van der Waals surface area contributed by atoms with Crippen LogP contribution in [0.15, 0.2) is 48.5 Å². The Morgan fingerprint density at radius 3 is 2.04 bits per heavy atom. The fourth-order valence-corrected chi connectivity index (χ4v) is 2.95. The van der Waals surface area contributed by atoms with Gasteiger partial charge in [-0.1, -0.05) is 63.6 Å². The van der Waals surface area contributed by atoms with Crippen LogP contribution in [0.1, 0.15) is 62.8 Å². The predicted octanol–water partition coefficient (Wildman–Crippen LogP) is 5.81. The number of aryl methyl sites for hydroxylation is 1. The molecule has 0 heterocycles. The van der Waals surface area contributed by atoms with Crippen LogP contribution in [0.2, 0.25) is 0 Å². The molecular formula is C21H28N2S. The summed E-state index contributed by atoms with van der Waals surface area (Å²) in [5.41, 5.74) is 4.98. The summed E-state index contributed by atoms with van der Waals surface area (Å²) >= 11 is 5.44. The minimum Gasteiger partial charge on any atom is -0.356 e. The highest BCUT2D eigenvalue weighted by Crippen LogP contribution is 2.18. The maximum absolute atomic E-state index is 5.44. The van der Waals surface area contributed by atoms with E-state index in [0.717, 1.165) is 12.1 Å². The Hall–Kier alpha value is -1.87. The summed E-state index contributed by atoms with van der Waals surface area (Å²) in [5, 5.41) is 7.26. The van der Waals surface area contributed by atoms with Gasteiger partial charge in [-0.15, -0.1) is 0 Å². The summed E-state index contributed by atoms with van der Waals surface area (Å²) in [5.74, 6) is 0.542. The molecule has 0 saturated carbocycles. The van der Waals surface area contributed by atoms with Crippen molar-refractivity contribution in [2.24, 2.45) is 0 Å². The van der Waals surface area contributed by atoms with Crippen molar-refractivity contribution < 1.29 is 0 Å². The zero-order valence-electron chi connectivity index (χ0n) is 15.1. The van der Waals surface area contributed by atoms with Crippen molar-refractivity contribution in [3.05, 3.63) is 65.2 Å². The van der Waals surface area contributed by atoms with E-state index in [1.165, 1.54) is 23.1 Å². The second kappa shape index (κ2) is 8.84. The Morgan fingerprint density at radius 1 is 0.917 bits per heavy atom. The summed E-state index contributed by atoms with van der Waals surface area (Å²) in [4.78, 5) is 0. The average molecular weight is 341 g/mol. The normalized spacial score (nSPS) is 12.0. The average Bonchev–Trinajstić information content (AvgIpc) is 2.56. The van der Waals surface area contributed by atoms with Crippen LogP contribution in [0.5, 0.6) is 0 Å². The van der Waals surface area contributed by atoms with Crippen LogP contribution in [0.4, 0.5) is 5.69 Å². The Balaban J connectivity index is 1.91. The summed E-state index contributed by atoms with van der Waals surface area (Å²) < 4.78 is 0. The molecule has 2 N–H and O–H groups in total. The van der Waals surface area contributed by atoms with Gasteiger partial charge in [0.25, 0.3) is 0 Å². The molecule has 2 aromatic carbocycles. The van der Waals surface area contributed by atoms with Crippen LogP contribution in [-0.2, 0) is 6.42 Å². The van der Waals surface area contributed by atoms with Crippen LogP contribution >= 0.6 is 12.2 Å². The van der Waals surface area contributed by atoms with Gasteiger partial charge in [-0.25, -0.2) is 0 Å². The Labute approximate surface area is 151 Å². The van der Waals surface area contributed by atoms with Crippen molar-refractivity contribution >= 4 is 23.0 Å². The number of hydrogen-bond acceptors (Lipinski definition) is 1. The molecule has 0 aliphatic carbocycles. The lowest BCUT2D eigenvalue weighted by atomic mass is 10.0. The van der Waals surface area contributed by atoms with Crippen LogP contribution < -0.4 is 10.6 Å². The first-order valence-corrected chi connectivity index (χ1v) is 9.16. The van der Waals surface area contributed by atoms with Gasteiger partial charge >= 0.3 is 0 Å². The summed E-state index contributed by atoms with van der Waals surface area (Å²) in [6, 6.07) is 17.4. The summed E-state index contributed by atoms with van der Waals surface area (Å²) in [6.07, 6.45) is 2.31. The SMILES string of the molecule is CCCc1ccc(C(C)NC(=S)Nc2ccc(C(C)C)cc2)cc1. The van der Waals surface area contributed by atoms with E-state index < -0.39 is 0 Å². The third-order valence-corrected chi connectivity index (χ3v) is 4.42. The van der Waals surface area contributed by atoms with Crippen molar-refractivity contribution in [2.75, 3.05) is 5.32 Å².